The van der Waals surface area contributed by atoms with Crippen molar-refractivity contribution in [1.82, 2.24) is 0 Å². The minimum atomic E-state index is 0. The molecule has 226 valence electrons. The average molecular weight is 565 g/mol. The Bertz CT molecular complexity index is 1120. The van der Waals surface area contributed by atoms with Crippen LogP contribution in [0.5, 0.6) is 11.5 Å². The summed E-state index contributed by atoms with van der Waals surface area (Å²) in [5.41, 5.74) is 9.21. The largest absolute Gasteiger partial charge is 0.457 e. The van der Waals surface area contributed by atoms with Gasteiger partial charge in [-0.25, -0.2) is 0 Å². The zero-order valence-corrected chi connectivity index (χ0v) is 24.7. The Morgan fingerprint density at radius 1 is 0.357 bits per heavy atom. The van der Waals surface area contributed by atoms with Crippen molar-refractivity contribution >= 4 is 0 Å². The Kier molecular flexibility index (Phi) is 21.5. The smallest absolute Gasteiger partial charge is 0.127 e. The molecule has 0 heterocycles. The number of hydrogen-bond donors (Lipinski definition) is 0. The fraction of sp³-hybridized carbons (Fsp3) is 0.268. The van der Waals surface area contributed by atoms with Crippen LogP contribution in [0.15, 0.2) is 127 Å². The van der Waals surface area contributed by atoms with Gasteiger partial charge in [0, 0.05) is 0 Å². The first-order valence-electron chi connectivity index (χ1n) is 13.8. The number of aryl methyl sites for hydroxylation is 5. The van der Waals surface area contributed by atoms with Crippen molar-refractivity contribution in [2.45, 2.75) is 77.2 Å². The van der Waals surface area contributed by atoms with Gasteiger partial charge in [-0.2, -0.15) is 0 Å². The number of hydrogen-bond acceptors (Lipinski definition) is 1. The van der Waals surface area contributed by atoms with Gasteiger partial charge in [0.2, 0.25) is 0 Å². The Labute approximate surface area is 259 Å². The van der Waals surface area contributed by atoms with Gasteiger partial charge in [-0.3, -0.25) is 0 Å². The minimum Gasteiger partial charge on any atom is -0.457 e. The van der Waals surface area contributed by atoms with E-state index in [1.807, 2.05) is 80.6 Å². The maximum Gasteiger partial charge on any atom is 0.127 e. The topological polar surface area (TPSA) is 9.23 Å². The molecule has 0 aliphatic carbocycles. The van der Waals surface area contributed by atoms with E-state index in [2.05, 4.69) is 95.3 Å². The van der Waals surface area contributed by atoms with Crippen LogP contribution in [-0.4, -0.2) is 0 Å². The van der Waals surface area contributed by atoms with Crippen molar-refractivity contribution in [2.75, 3.05) is 0 Å². The van der Waals surface area contributed by atoms with Crippen LogP contribution < -0.4 is 4.74 Å². The van der Waals surface area contributed by atoms with E-state index >= 15 is 0 Å². The van der Waals surface area contributed by atoms with E-state index in [0.717, 1.165) is 17.9 Å². The van der Waals surface area contributed by atoms with Crippen molar-refractivity contribution < 1.29 is 4.74 Å². The van der Waals surface area contributed by atoms with Crippen LogP contribution in [0.2, 0.25) is 0 Å². The molecule has 0 amide bonds. The summed E-state index contributed by atoms with van der Waals surface area (Å²) >= 11 is 0. The molecule has 0 N–H and O–H groups in total. The molecule has 0 bridgehead atoms. The van der Waals surface area contributed by atoms with E-state index in [9.17, 15) is 0 Å². The summed E-state index contributed by atoms with van der Waals surface area (Å²) in [5.74, 6) is 1.76. The lowest BCUT2D eigenvalue weighted by Crippen LogP contribution is -1.88. The van der Waals surface area contributed by atoms with Gasteiger partial charge in [0.1, 0.15) is 11.5 Å². The lowest BCUT2D eigenvalue weighted by Gasteiger charge is -2.05. The highest BCUT2D eigenvalue weighted by molar-refractivity contribution is 5.34. The third kappa shape index (κ3) is 16.2. The van der Waals surface area contributed by atoms with Crippen molar-refractivity contribution in [2.24, 2.45) is 0 Å². The minimum absolute atomic E-state index is 0. The second kappa shape index (κ2) is 22.6. The van der Waals surface area contributed by atoms with Crippen LogP contribution in [0, 0.1) is 34.6 Å². The molecular weight excluding hydrogens is 508 g/mol. The molecule has 0 fully saturated rings. The number of rotatable bonds is 4. The van der Waals surface area contributed by atoms with Crippen molar-refractivity contribution in [3.63, 3.8) is 0 Å². The SMILES string of the molecule is C.C.C.CC.Cc1ccc(Cc2ccc(C)cc2)cc1.Cc1ccc(Oc2ccc(C)cc2)cc1.Cc1ccccc1. The first-order chi connectivity index (χ1) is 18.9. The number of ether oxygens (including phenoxy) is 1. The molecule has 0 saturated carbocycles. The molecule has 0 unspecified atom stereocenters. The Balaban J connectivity index is 0. The normalized spacial score (nSPS) is 8.83. The molecule has 5 aromatic rings. The zero-order valence-electron chi connectivity index (χ0n) is 24.7. The maximum absolute atomic E-state index is 5.69. The molecule has 0 aliphatic heterocycles. The highest BCUT2D eigenvalue weighted by Gasteiger charge is 1.97. The quantitative estimate of drug-likeness (QED) is 0.211. The molecule has 5 aromatic carbocycles. The molecule has 0 atom stereocenters. The van der Waals surface area contributed by atoms with Gasteiger partial charge in [-0.1, -0.05) is 167 Å². The Morgan fingerprint density at radius 3 is 0.881 bits per heavy atom. The van der Waals surface area contributed by atoms with Crippen molar-refractivity contribution in [1.29, 1.82) is 0 Å². The number of benzene rings is 5. The third-order valence-corrected chi connectivity index (χ3v) is 5.87. The molecule has 0 aromatic heterocycles. The highest BCUT2D eigenvalue weighted by Crippen LogP contribution is 2.21. The molecule has 0 radical (unpaired) electrons. The van der Waals surface area contributed by atoms with Gasteiger partial charge in [0.05, 0.1) is 0 Å². The average Bonchev–Trinajstić information content (AvgIpc) is 2.96. The standard InChI is InChI=1S/C15H16.C14H14O.C7H8.C2H6.3CH4/c1-12-3-7-14(8-4-12)11-15-9-5-13(2)6-10-15;1-11-3-7-13(8-4-11)15-14-9-5-12(2)6-10-14;1-7-5-3-2-4-6-7;1-2;;;/h3-10H,11H2,1-2H3;3-10H,1-2H3;2-6H,1H3;1-2H3;3*1H4. The van der Waals surface area contributed by atoms with Crippen LogP contribution in [0.1, 0.15) is 75.1 Å². The van der Waals surface area contributed by atoms with Gasteiger partial charge >= 0.3 is 0 Å². The Morgan fingerprint density at radius 2 is 0.619 bits per heavy atom. The fourth-order valence-corrected chi connectivity index (χ4v) is 3.53. The van der Waals surface area contributed by atoms with E-state index in [0.29, 0.717) is 0 Å². The Hall–Kier alpha value is -4.10. The van der Waals surface area contributed by atoms with Crippen LogP contribution in [-0.2, 0) is 6.42 Å². The molecule has 0 saturated heterocycles. The fourth-order valence-electron chi connectivity index (χ4n) is 3.53. The summed E-state index contributed by atoms with van der Waals surface area (Å²) in [6.45, 7) is 14.5. The zero-order chi connectivity index (χ0) is 28.5. The van der Waals surface area contributed by atoms with Gasteiger partial charge in [-0.15, -0.1) is 0 Å². The predicted molar refractivity (Wildman–Crippen MR) is 190 cm³/mol. The van der Waals surface area contributed by atoms with Crippen LogP contribution in [0.4, 0.5) is 0 Å². The van der Waals surface area contributed by atoms with Crippen molar-refractivity contribution in [3.05, 3.63) is 166 Å². The van der Waals surface area contributed by atoms with Gasteiger partial charge in [0.25, 0.3) is 0 Å². The second-order valence-electron chi connectivity index (χ2n) is 9.53. The van der Waals surface area contributed by atoms with Gasteiger partial charge < -0.3 is 4.74 Å². The lowest BCUT2D eigenvalue weighted by atomic mass is 10.0. The molecular formula is C41H56O. The van der Waals surface area contributed by atoms with Gasteiger partial charge in [0.15, 0.2) is 0 Å². The van der Waals surface area contributed by atoms with Crippen molar-refractivity contribution in [3.8, 4) is 11.5 Å². The molecule has 5 rings (SSSR count). The van der Waals surface area contributed by atoms with Crippen LogP contribution in [0.3, 0.4) is 0 Å². The lowest BCUT2D eigenvalue weighted by molar-refractivity contribution is 0.482. The maximum atomic E-state index is 5.69. The van der Waals surface area contributed by atoms with E-state index < -0.39 is 0 Å². The molecule has 0 spiro atoms. The summed E-state index contributed by atoms with van der Waals surface area (Å²) in [6.07, 6.45) is 1.03. The molecule has 0 aliphatic rings. The first kappa shape index (κ1) is 40.0. The summed E-state index contributed by atoms with van der Waals surface area (Å²) in [6, 6.07) is 43.9. The van der Waals surface area contributed by atoms with E-state index in [4.69, 9.17) is 4.74 Å². The third-order valence-electron chi connectivity index (χ3n) is 5.87. The monoisotopic (exact) mass is 564 g/mol. The van der Waals surface area contributed by atoms with E-state index in [1.54, 1.807) is 0 Å². The second-order valence-corrected chi connectivity index (χ2v) is 9.53. The summed E-state index contributed by atoms with van der Waals surface area (Å²) < 4.78 is 5.69. The predicted octanol–water partition coefficient (Wildman–Crippen LogP) is 12.9. The summed E-state index contributed by atoms with van der Waals surface area (Å²) in [5, 5.41) is 0. The molecule has 42 heavy (non-hydrogen) atoms. The summed E-state index contributed by atoms with van der Waals surface area (Å²) in [7, 11) is 0. The summed E-state index contributed by atoms with van der Waals surface area (Å²) in [4.78, 5) is 0. The highest BCUT2D eigenvalue weighted by atomic mass is 16.5. The van der Waals surface area contributed by atoms with E-state index in [1.165, 1.54) is 38.9 Å². The van der Waals surface area contributed by atoms with E-state index in [-0.39, 0.29) is 22.3 Å². The van der Waals surface area contributed by atoms with Crippen LogP contribution in [0.25, 0.3) is 0 Å². The molecule has 1 nitrogen and oxygen atoms in total. The molecule has 1 heteroatoms. The van der Waals surface area contributed by atoms with Gasteiger partial charge in [-0.05, 0) is 76.4 Å². The first-order valence-corrected chi connectivity index (χ1v) is 13.8. The van der Waals surface area contributed by atoms with Crippen LogP contribution >= 0.6 is 0 Å².